The van der Waals surface area contributed by atoms with Crippen LogP contribution in [0, 0.1) is 0 Å². The SMILES string of the molecule is CC/C=C\C/C=C\C/C=C\C/C=C\C/C=C\CCC(=O)OCC(COC(=O)CCCCCCCCCCC/C=C\C/C=C\C/C=C\CC)OC(=O)CCCCCCC\C=C/C=C\C=C/C=C\C=C/CCC. The van der Waals surface area contributed by atoms with Crippen LogP contribution in [0.3, 0.4) is 0 Å². The molecule has 0 radical (unpaired) electrons. The summed E-state index contributed by atoms with van der Waals surface area (Å²) >= 11 is 0. The summed E-state index contributed by atoms with van der Waals surface area (Å²) < 4.78 is 16.8. The first kappa shape index (κ1) is 66.0. The Morgan fingerprint density at radius 3 is 1.07 bits per heavy atom. The maximum Gasteiger partial charge on any atom is 0.306 e. The molecule has 6 heteroatoms. The molecule has 0 N–H and O–H groups in total. The van der Waals surface area contributed by atoms with E-state index in [0.29, 0.717) is 12.8 Å². The van der Waals surface area contributed by atoms with E-state index in [1.165, 1.54) is 44.9 Å². The third-order valence-electron chi connectivity index (χ3n) is 11.1. The average molecular weight is 978 g/mol. The van der Waals surface area contributed by atoms with Crippen molar-refractivity contribution in [3.63, 3.8) is 0 Å². The number of rotatable bonds is 48. The van der Waals surface area contributed by atoms with Crippen LogP contribution in [0.5, 0.6) is 0 Å². The first-order valence-corrected chi connectivity index (χ1v) is 28.1. The van der Waals surface area contributed by atoms with Crippen molar-refractivity contribution < 1.29 is 28.6 Å². The molecule has 0 aromatic heterocycles. The van der Waals surface area contributed by atoms with E-state index < -0.39 is 6.10 Å². The minimum absolute atomic E-state index is 0.122. The van der Waals surface area contributed by atoms with E-state index in [0.717, 1.165) is 122 Å². The van der Waals surface area contributed by atoms with Crippen LogP contribution >= 0.6 is 0 Å². The number of ether oxygens (including phenoxy) is 3. The van der Waals surface area contributed by atoms with Gasteiger partial charge in [0.05, 0.1) is 0 Å². The summed E-state index contributed by atoms with van der Waals surface area (Å²) in [6.45, 7) is 6.22. The van der Waals surface area contributed by atoms with Gasteiger partial charge in [-0.15, -0.1) is 0 Å². The molecular formula is C65H100O6. The molecule has 0 aliphatic heterocycles. The van der Waals surface area contributed by atoms with Crippen molar-refractivity contribution in [1.82, 2.24) is 0 Å². The average Bonchev–Trinajstić information content (AvgIpc) is 3.37. The molecule has 0 heterocycles. The minimum Gasteiger partial charge on any atom is -0.462 e. The Morgan fingerprint density at radius 2 is 0.634 bits per heavy atom. The Balaban J connectivity index is 4.57. The first-order chi connectivity index (χ1) is 35.0. The van der Waals surface area contributed by atoms with Crippen molar-refractivity contribution in [1.29, 1.82) is 0 Å². The zero-order valence-corrected chi connectivity index (χ0v) is 45.2. The second-order valence-electron chi connectivity index (χ2n) is 17.8. The van der Waals surface area contributed by atoms with E-state index in [9.17, 15) is 14.4 Å². The molecule has 0 aromatic carbocycles. The monoisotopic (exact) mass is 977 g/mol. The summed E-state index contributed by atoms with van der Waals surface area (Å²) in [5, 5.41) is 0. The van der Waals surface area contributed by atoms with E-state index in [2.05, 4.69) is 130 Å². The minimum atomic E-state index is -0.833. The van der Waals surface area contributed by atoms with E-state index in [4.69, 9.17) is 14.2 Å². The van der Waals surface area contributed by atoms with Gasteiger partial charge >= 0.3 is 17.9 Å². The standard InChI is InChI=1S/C65H100O6/c1-4-7-10-13-16-19-22-25-28-31-33-35-37-40-43-46-49-52-55-58-64(67)70-61-62(60-69-63(66)57-54-51-48-45-42-39-36-30-27-24-21-18-15-12-9-6-3)71-65(68)59-56-53-50-47-44-41-38-34-32-29-26-23-20-17-14-11-8-5-2/h7,9-12,14,16-21,23,25-30,32,34,38-39,42,48,51,62H,4-6,8,13,15,22,24,31,33,35-37,40-41,43-47,49-50,52-61H2,1-3H3/b10-7-,12-9-,14-11-,19-16-,20-17-,21-18-,26-23-,28-25-,30-27-,32-29-,38-34-,42-39-,51-48-. The topological polar surface area (TPSA) is 78.9 Å². The van der Waals surface area contributed by atoms with Gasteiger partial charge in [-0.2, -0.15) is 0 Å². The molecule has 0 aromatic rings. The van der Waals surface area contributed by atoms with E-state index in [-0.39, 0.29) is 44.0 Å². The summed E-state index contributed by atoms with van der Waals surface area (Å²) in [7, 11) is 0. The second-order valence-corrected chi connectivity index (χ2v) is 17.8. The molecule has 71 heavy (non-hydrogen) atoms. The molecule has 396 valence electrons. The van der Waals surface area contributed by atoms with Gasteiger partial charge in [-0.05, 0) is 103 Å². The molecule has 0 rings (SSSR count). The molecule has 0 saturated carbocycles. The highest BCUT2D eigenvalue weighted by Gasteiger charge is 2.19. The van der Waals surface area contributed by atoms with Crippen LogP contribution < -0.4 is 0 Å². The molecule has 0 saturated heterocycles. The Kier molecular flexibility index (Phi) is 53.6. The molecule has 0 amide bonds. The lowest BCUT2D eigenvalue weighted by atomic mass is 10.1. The van der Waals surface area contributed by atoms with Crippen molar-refractivity contribution in [3.05, 3.63) is 158 Å². The van der Waals surface area contributed by atoms with Crippen molar-refractivity contribution in [3.8, 4) is 0 Å². The van der Waals surface area contributed by atoms with Gasteiger partial charge in [0.2, 0.25) is 0 Å². The molecule has 0 aliphatic carbocycles. The highest BCUT2D eigenvalue weighted by molar-refractivity contribution is 5.71. The van der Waals surface area contributed by atoms with Gasteiger partial charge in [-0.25, -0.2) is 0 Å². The molecule has 0 aliphatic rings. The smallest absolute Gasteiger partial charge is 0.306 e. The number of carbonyl (C=O) groups excluding carboxylic acids is 3. The van der Waals surface area contributed by atoms with Gasteiger partial charge in [-0.3, -0.25) is 14.4 Å². The first-order valence-electron chi connectivity index (χ1n) is 28.1. The predicted molar refractivity (Wildman–Crippen MR) is 306 cm³/mol. The summed E-state index contributed by atoms with van der Waals surface area (Å²) in [6, 6.07) is 0. The summed E-state index contributed by atoms with van der Waals surface area (Å²) in [6.07, 6.45) is 83.8. The van der Waals surface area contributed by atoms with Crippen LogP contribution in [0.1, 0.15) is 213 Å². The quantitative estimate of drug-likeness (QED) is 0.0199. The van der Waals surface area contributed by atoms with Gasteiger partial charge in [-0.1, -0.05) is 249 Å². The number of hydrogen-bond donors (Lipinski definition) is 0. The number of esters is 3. The Morgan fingerprint density at radius 1 is 0.310 bits per heavy atom. The fourth-order valence-electron chi connectivity index (χ4n) is 7.01. The lowest BCUT2D eigenvalue weighted by Crippen LogP contribution is -2.30. The summed E-state index contributed by atoms with van der Waals surface area (Å²) in [5.74, 6) is -1.05. The van der Waals surface area contributed by atoms with Gasteiger partial charge < -0.3 is 14.2 Å². The van der Waals surface area contributed by atoms with Crippen molar-refractivity contribution in [2.24, 2.45) is 0 Å². The van der Waals surface area contributed by atoms with Gasteiger partial charge in [0.25, 0.3) is 0 Å². The lowest BCUT2D eigenvalue weighted by molar-refractivity contribution is -0.166. The lowest BCUT2D eigenvalue weighted by Gasteiger charge is -2.18. The largest absolute Gasteiger partial charge is 0.462 e. The van der Waals surface area contributed by atoms with Crippen LogP contribution in [-0.2, 0) is 28.6 Å². The molecule has 1 unspecified atom stereocenters. The molecule has 0 fully saturated rings. The predicted octanol–water partition coefficient (Wildman–Crippen LogP) is 19.0. The Labute approximate surface area is 435 Å². The van der Waals surface area contributed by atoms with Gasteiger partial charge in [0.15, 0.2) is 6.10 Å². The van der Waals surface area contributed by atoms with Crippen LogP contribution in [0.2, 0.25) is 0 Å². The number of allylic oxidation sites excluding steroid dienone is 26. The van der Waals surface area contributed by atoms with E-state index in [1.807, 2.05) is 48.6 Å². The zero-order valence-electron chi connectivity index (χ0n) is 45.2. The third kappa shape index (κ3) is 55.8. The third-order valence-corrected chi connectivity index (χ3v) is 11.1. The molecule has 1 atom stereocenters. The van der Waals surface area contributed by atoms with Crippen LogP contribution in [0.4, 0.5) is 0 Å². The highest BCUT2D eigenvalue weighted by Crippen LogP contribution is 2.14. The van der Waals surface area contributed by atoms with Gasteiger partial charge in [0, 0.05) is 19.3 Å². The fraction of sp³-hybridized carbons (Fsp3) is 0.554. The van der Waals surface area contributed by atoms with Crippen LogP contribution in [-0.4, -0.2) is 37.2 Å². The summed E-state index contributed by atoms with van der Waals surface area (Å²) in [4.78, 5) is 38.1. The number of hydrogen-bond acceptors (Lipinski definition) is 6. The molecular weight excluding hydrogens is 877 g/mol. The van der Waals surface area contributed by atoms with Crippen molar-refractivity contribution in [2.45, 2.75) is 219 Å². The maximum atomic E-state index is 12.9. The highest BCUT2D eigenvalue weighted by atomic mass is 16.6. The van der Waals surface area contributed by atoms with Gasteiger partial charge in [0.1, 0.15) is 13.2 Å². The van der Waals surface area contributed by atoms with Crippen molar-refractivity contribution >= 4 is 17.9 Å². The Bertz CT molecular complexity index is 1640. The number of unbranched alkanes of at least 4 members (excludes halogenated alkanes) is 15. The number of carbonyl (C=O) groups is 3. The maximum absolute atomic E-state index is 12.9. The second kappa shape index (κ2) is 57.6. The van der Waals surface area contributed by atoms with Crippen molar-refractivity contribution in [2.75, 3.05) is 13.2 Å². The van der Waals surface area contributed by atoms with Crippen LogP contribution in [0.25, 0.3) is 0 Å². The van der Waals surface area contributed by atoms with Crippen LogP contribution in [0.15, 0.2) is 158 Å². The summed E-state index contributed by atoms with van der Waals surface area (Å²) in [5.41, 5.74) is 0. The zero-order chi connectivity index (χ0) is 51.4. The fourth-order valence-corrected chi connectivity index (χ4v) is 7.01. The van der Waals surface area contributed by atoms with E-state index >= 15 is 0 Å². The molecule has 0 spiro atoms. The molecule has 0 bridgehead atoms. The molecule has 6 nitrogen and oxygen atoms in total. The normalized spacial score (nSPS) is 13.3. The van der Waals surface area contributed by atoms with E-state index in [1.54, 1.807) is 0 Å². The Hall–Kier alpha value is -4.97.